The second-order valence-corrected chi connectivity index (χ2v) is 7.76. The van der Waals surface area contributed by atoms with Crippen molar-refractivity contribution < 1.29 is 19.1 Å². The SMILES string of the molecule is COc1ccc(C(=O)NCC(=O)Nc2nc(COc3ccc4ccccc4c3)cs2)cc1. The molecular formula is C24H21N3O4S. The summed E-state index contributed by atoms with van der Waals surface area (Å²) in [5.74, 6) is 0.710. The highest BCUT2D eigenvalue weighted by Crippen LogP contribution is 2.22. The Hall–Kier alpha value is -3.91. The van der Waals surface area contributed by atoms with Crippen molar-refractivity contribution in [3.63, 3.8) is 0 Å². The quantitative estimate of drug-likeness (QED) is 0.421. The average Bonchev–Trinajstić information content (AvgIpc) is 3.28. The Morgan fingerprint density at radius 2 is 1.72 bits per heavy atom. The van der Waals surface area contributed by atoms with Crippen LogP contribution >= 0.6 is 11.3 Å². The van der Waals surface area contributed by atoms with Gasteiger partial charge in [-0.25, -0.2) is 4.98 Å². The number of ether oxygens (including phenoxy) is 2. The van der Waals surface area contributed by atoms with Crippen LogP contribution < -0.4 is 20.1 Å². The molecule has 0 atom stereocenters. The van der Waals surface area contributed by atoms with E-state index in [1.807, 2.05) is 47.8 Å². The van der Waals surface area contributed by atoms with E-state index in [1.165, 1.54) is 11.3 Å². The van der Waals surface area contributed by atoms with Gasteiger partial charge in [0.05, 0.1) is 19.3 Å². The summed E-state index contributed by atoms with van der Waals surface area (Å²) in [6.07, 6.45) is 0. The lowest BCUT2D eigenvalue weighted by Gasteiger charge is -2.06. The molecule has 32 heavy (non-hydrogen) atoms. The van der Waals surface area contributed by atoms with Gasteiger partial charge in [-0.15, -0.1) is 11.3 Å². The standard InChI is InChI=1S/C24H21N3O4S/c1-30-20-9-7-17(8-10-20)23(29)25-13-22(28)27-24-26-19(15-32-24)14-31-21-11-6-16-4-2-3-5-18(16)12-21/h2-12,15H,13-14H2,1H3,(H,25,29)(H,26,27,28). The number of carbonyl (C=O) groups is 2. The highest BCUT2D eigenvalue weighted by molar-refractivity contribution is 7.13. The molecule has 4 aromatic rings. The Balaban J connectivity index is 1.25. The largest absolute Gasteiger partial charge is 0.497 e. The van der Waals surface area contributed by atoms with Crippen LogP contribution in [0.5, 0.6) is 11.5 Å². The number of methoxy groups -OCH3 is 1. The first-order valence-corrected chi connectivity index (χ1v) is 10.8. The molecule has 0 saturated carbocycles. The predicted molar refractivity (Wildman–Crippen MR) is 124 cm³/mol. The van der Waals surface area contributed by atoms with Crippen molar-refractivity contribution in [3.05, 3.63) is 83.4 Å². The van der Waals surface area contributed by atoms with Crippen LogP contribution in [0.4, 0.5) is 5.13 Å². The summed E-state index contributed by atoms with van der Waals surface area (Å²) in [5.41, 5.74) is 1.15. The smallest absolute Gasteiger partial charge is 0.251 e. The maximum Gasteiger partial charge on any atom is 0.251 e. The van der Waals surface area contributed by atoms with E-state index in [4.69, 9.17) is 9.47 Å². The topological polar surface area (TPSA) is 89.5 Å². The van der Waals surface area contributed by atoms with Gasteiger partial charge < -0.3 is 20.1 Å². The minimum Gasteiger partial charge on any atom is -0.497 e. The molecule has 2 N–H and O–H groups in total. The van der Waals surface area contributed by atoms with Crippen molar-refractivity contribution in [2.45, 2.75) is 6.61 Å². The van der Waals surface area contributed by atoms with Gasteiger partial charge in [-0.2, -0.15) is 0 Å². The Kier molecular flexibility index (Phi) is 6.62. The number of amides is 2. The molecule has 3 aromatic carbocycles. The number of nitrogens with zero attached hydrogens (tertiary/aromatic N) is 1. The van der Waals surface area contributed by atoms with Gasteiger partial charge in [-0.3, -0.25) is 9.59 Å². The fraction of sp³-hybridized carbons (Fsp3) is 0.125. The summed E-state index contributed by atoms with van der Waals surface area (Å²) < 4.78 is 10.9. The van der Waals surface area contributed by atoms with Crippen molar-refractivity contribution in [2.75, 3.05) is 19.0 Å². The molecule has 0 aliphatic rings. The highest BCUT2D eigenvalue weighted by atomic mass is 32.1. The first-order valence-electron chi connectivity index (χ1n) is 9.89. The zero-order valence-corrected chi connectivity index (χ0v) is 18.1. The van der Waals surface area contributed by atoms with Crippen LogP contribution in [0.3, 0.4) is 0 Å². The third-order valence-corrected chi connectivity index (χ3v) is 5.47. The molecule has 7 nitrogen and oxygen atoms in total. The predicted octanol–water partition coefficient (Wildman–Crippen LogP) is 4.25. The van der Waals surface area contributed by atoms with Gasteiger partial charge in [-0.1, -0.05) is 30.3 Å². The minimum atomic E-state index is -0.358. The molecule has 0 saturated heterocycles. The number of rotatable bonds is 8. The number of hydrogen-bond acceptors (Lipinski definition) is 6. The van der Waals surface area contributed by atoms with E-state index in [1.54, 1.807) is 31.4 Å². The Morgan fingerprint density at radius 1 is 0.969 bits per heavy atom. The Labute approximate surface area is 189 Å². The fourth-order valence-electron chi connectivity index (χ4n) is 3.01. The molecule has 0 radical (unpaired) electrons. The Morgan fingerprint density at radius 3 is 2.50 bits per heavy atom. The average molecular weight is 448 g/mol. The number of hydrogen-bond donors (Lipinski definition) is 2. The summed E-state index contributed by atoms with van der Waals surface area (Å²) in [5, 5.41) is 9.80. The van der Waals surface area contributed by atoms with E-state index in [0.29, 0.717) is 28.7 Å². The summed E-state index contributed by atoms with van der Waals surface area (Å²) in [6, 6.07) is 20.6. The molecule has 1 heterocycles. The maximum absolute atomic E-state index is 12.2. The molecule has 8 heteroatoms. The zero-order valence-electron chi connectivity index (χ0n) is 17.3. The van der Waals surface area contributed by atoms with Gasteiger partial charge in [0.1, 0.15) is 18.1 Å². The highest BCUT2D eigenvalue weighted by Gasteiger charge is 2.11. The molecular weight excluding hydrogens is 426 g/mol. The lowest BCUT2D eigenvalue weighted by Crippen LogP contribution is -2.32. The number of aromatic nitrogens is 1. The van der Waals surface area contributed by atoms with Gasteiger partial charge in [0, 0.05) is 10.9 Å². The van der Waals surface area contributed by atoms with Crippen LogP contribution in [0, 0.1) is 0 Å². The van der Waals surface area contributed by atoms with E-state index in [0.717, 1.165) is 16.5 Å². The molecule has 4 rings (SSSR count). The molecule has 0 bridgehead atoms. The van der Waals surface area contributed by atoms with Crippen LogP contribution in [0.15, 0.2) is 72.1 Å². The number of carbonyl (C=O) groups excluding carboxylic acids is 2. The molecule has 0 aliphatic carbocycles. The second-order valence-electron chi connectivity index (χ2n) is 6.90. The first kappa shape index (κ1) is 21.3. The van der Waals surface area contributed by atoms with Crippen LogP contribution in [-0.4, -0.2) is 30.5 Å². The van der Waals surface area contributed by atoms with Crippen molar-refractivity contribution in [1.29, 1.82) is 0 Å². The number of nitrogens with one attached hydrogen (secondary N) is 2. The van der Waals surface area contributed by atoms with Gasteiger partial charge in [0.15, 0.2) is 5.13 Å². The van der Waals surface area contributed by atoms with Gasteiger partial charge in [-0.05, 0) is 47.2 Å². The van der Waals surface area contributed by atoms with Crippen molar-refractivity contribution in [2.24, 2.45) is 0 Å². The van der Waals surface area contributed by atoms with E-state index in [9.17, 15) is 9.59 Å². The summed E-state index contributed by atoms with van der Waals surface area (Å²) in [7, 11) is 1.55. The lowest BCUT2D eigenvalue weighted by molar-refractivity contribution is -0.115. The molecule has 0 fully saturated rings. The fourth-order valence-corrected chi connectivity index (χ4v) is 3.72. The van der Waals surface area contributed by atoms with Crippen molar-refractivity contribution in [1.82, 2.24) is 10.3 Å². The molecule has 0 spiro atoms. The van der Waals surface area contributed by atoms with E-state index in [2.05, 4.69) is 15.6 Å². The van der Waals surface area contributed by atoms with E-state index in [-0.39, 0.29) is 18.4 Å². The van der Waals surface area contributed by atoms with Crippen LogP contribution in [-0.2, 0) is 11.4 Å². The van der Waals surface area contributed by atoms with Crippen LogP contribution in [0.2, 0.25) is 0 Å². The van der Waals surface area contributed by atoms with E-state index < -0.39 is 0 Å². The normalized spacial score (nSPS) is 10.5. The van der Waals surface area contributed by atoms with Gasteiger partial charge >= 0.3 is 0 Å². The number of benzene rings is 3. The summed E-state index contributed by atoms with van der Waals surface area (Å²) >= 11 is 1.30. The van der Waals surface area contributed by atoms with Gasteiger partial charge in [0.25, 0.3) is 5.91 Å². The molecule has 2 amide bonds. The van der Waals surface area contributed by atoms with Crippen molar-refractivity contribution >= 4 is 39.1 Å². The number of anilines is 1. The Bertz CT molecular complexity index is 1240. The molecule has 0 unspecified atom stereocenters. The molecule has 0 aliphatic heterocycles. The summed E-state index contributed by atoms with van der Waals surface area (Å²) in [4.78, 5) is 28.7. The van der Waals surface area contributed by atoms with Crippen LogP contribution in [0.25, 0.3) is 10.8 Å². The first-order chi connectivity index (χ1) is 15.6. The summed E-state index contributed by atoms with van der Waals surface area (Å²) in [6.45, 7) is 0.131. The number of fused-ring (bicyclic) bond motifs is 1. The minimum absolute atomic E-state index is 0.159. The third-order valence-electron chi connectivity index (χ3n) is 4.67. The maximum atomic E-state index is 12.2. The lowest BCUT2D eigenvalue weighted by atomic mass is 10.1. The zero-order chi connectivity index (χ0) is 22.3. The van der Waals surface area contributed by atoms with Crippen LogP contribution in [0.1, 0.15) is 16.1 Å². The molecule has 1 aromatic heterocycles. The van der Waals surface area contributed by atoms with Gasteiger partial charge in [0.2, 0.25) is 5.91 Å². The third kappa shape index (κ3) is 5.41. The monoisotopic (exact) mass is 447 g/mol. The molecule has 162 valence electrons. The van der Waals surface area contributed by atoms with E-state index >= 15 is 0 Å². The van der Waals surface area contributed by atoms with Crippen molar-refractivity contribution in [3.8, 4) is 11.5 Å². The number of thiazole rings is 1. The second kappa shape index (κ2) is 9.93.